The van der Waals surface area contributed by atoms with Crippen LogP contribution in [0, 0.1) is 18.2 Å². The number of aromatic nitrogens is 3. The predicted molar refractivity (Wildman–Crippen MR) is 165 cm³/mol. The Hall–Kier alpha value is -4.26. The predicted octanol–water partition coefficient (Wildman–Crippen LogP) is 4.78. The highest BCUT2D eigenvalue weighted by Crippen LogP contribution is 2.41. The summed E-state index contributed by atoms with van der Waals surface area (Å²) in [6, 6.07) is 9.15. The van der Waals surface area contributed by atoms with Crippen molar-refractivity contribution < 1.29 is 14.2 Å². The van der Waals surface area contributed by atoms with E-state index in [1.165, 1.54) is 11.6 Å². The molecule has 2 bridgehead atoms. The number of rotatable bonds is 5. The highest BCUT2D eigenvalue weighted by atomic mass is 19.1. The number of hydrogen-bond acceptors (Lipinski definition) is 8. The molecule has 8 nitrogen and oxygen atoms in total. The molecule has 0 aliphatic carbocycles. The summed E-state index contributed by atoms with van der Waals surface area (Å²) in [5.41, 5.74) is 2.38. The molecule has 4 aliphatic rings. The second kappa shape index (κ2) is 9.90. The van der Waals surface area contributed by atoms with Gasteiger partial charge in [-0.25, -0.2) is 4.39 Å². The number of anilines is 1. The lowest BCUT2D eigenvalue weighted by atomic mass is 9.95. The number of nitrogens with one attached hydrogen (secondary N) is 1. The number of phenolic OH excluding ortho intramolecular Hbond substituents is 1. The zero-order valence-corrected chi connectivity index (χ0v) is 23.9. The quantitative estimate of drug-likeness (QED) is 0.259. The molecule has 0 amide bonds. The van der Waals surface area contributed by atoms with Gasteiger partial charge < -0.3 is 20.1 Å². The topological polar surface area (TPSA) is 86.6 Å². The van der Waals surface area contributed by atoms with Crippen molar-refractivity contribution in [3.8, 4) is 35.4 Å². The third kappa shape index (κ3) is 4.23. The van der Waals surface area contributed by atoms with E-state index in [-0.39, 0.29) is 40.6 Å². The largest absolute Gasteiger partial charge is 0.508 e. The number of ether oxygens (including phenoxy) is 1. The second-order valence-corrected chi connectivity index (χ2v) is 12.4. The maximum atomic E-state index is 16.8. The third-order valence-corrected chi connectivity index (χ3v) is 9.88. The number of phenols is 1. The summed E-state index contributed by atoms with van der Waals surface area (Å²) in [5, 5.41) is 16.0. The van der Waals surface area contributed by atoms with Crippen molar-refractivity contribution in [1.82, 2.24) is 25.2 Å². The Balaban J connectivity index is 1.28. The first-order chi connectivity index (χ1) is 20.9. The third-order valence-electron chi connectivity index (χ3n) is 9.88. The zero-order chi connectivity index (χ0) is 29.3. The molecular formula is C34H33FN6O2. The molecule has 8 rings (SSSR count). The summed E-state index contributed by atoms with van der Waals surface area (Å²) in [5.74, 6) is 2.70. The molecule has 2 aromatic carbocycles. The van der Waals surface area contributed by atoms with E-state index in [1.807, 2.05) is 12.1 Å². The fourth-order valence-electron chi connectivity index (χ4n) is 7.85. The molecule has 4 aromatic rings. The highest BCUT2D eigenvalue weighted by molar-refractivity contribution is 6.02. The molecule has 9 heteroatoms. The van der Waals surface area contributed by atoms with E-state index < -0.39 is 5.82 Å². The van der Waals surface area contributed by atoms with Crippen molar-refractivity contribution in [3.05, 3.63) is 60.1 Å². The van der Waals surface area contributed by atoms with Crippen molar-refractivity contribution in [2.45, 2.75) is 49.7 Å². The van der Waals surface area contributed by atoms with Crippen LogP contribution in [0.4, 0.5) is 10.2 Å². The highest BCUT2D eigenvalue weighted by Gasteiger charge is 2.45. The molecule has 4 fully saturated rings. The van der Waals surface area contributed by atoms with Crippen molar-refractivity contribution in [2.75, 3.05) is 37.7 Å². The number of aromatic hydroxyl groups is 1. The Morgan fingerprint density at radius 1 is 1.19 bits per heavy atom. The van der Waals surface area contributed by atoms with Gasteiger partial charge in [-0.2, -0.15) is 9.97 Å². The van der Waals surface area contributed by atoms with Gasteiger partial charge in [0.25, 0.3) is 0 Å². The van der Waals surface area contributed by atoms with Gasteiger partial charge in [-0.15, -0.1) is 6.42 Å². The number of hydrogen-bond donors (Lipinski definition) is 2. The Morgan fingerprint density at radius 3 is 2.81 bits per heavy atom. The van der Waals surface area contributed by atoms with Gasteiger partial charge in [0.05, 0.1) is 10.9 Å². The average molecular weight is 577 g/mol. The smallest absolute Gasteiger partial charge is 0.319 e. The minimum Gasteiger partial charge on any atom is -0.508 e. The molecule has 4 saturated heterocycles. The molecule has 6 heterocycles. The van der Waals surface area contributed by atoms with Gasteiger partial charge in [-0.3, -0.25) is 9.88 Å². The van der Waals surface area contributed by atoms with Crippen molar-refractivity contribution in [2.24, 2.45) is 0 Å². The van der Waals surface area contributed by atoms with E-state index in [9.17, 15) is 5.11 Å². The lowest BCUT2D eigenvalue weighted by Crippen LogP contribution is -2.51. The molecule has 2 aromatic heterocycles. The van der Waals surface area contributed by atoms with Crippen LogP contribution in [0.3, 0.4) is 0 Å². The molecule has 0 saturated carbocycles. The van der Waals surface area contributed by atoms with Gasteiger partial charge in [0, 0.05) is 47.9 Å². The van der Waals surface area contributed by atoms with E-state index in [0.29, 0.717) is 52.8 Å². The Morgan fingerprint density at radius 2 is 2.02 bits per heavy atom. The molecule has 218 valence electrons. The van der Waals surface area contributed by atoms with Gasteiger partial charge in [0.15, 0.2) is 5.82 Å². The maximum absolute atomic E-state index is 16.8. The van der Waals surface area contributed by atoms with Gasteiger partial charge in [0.1, 0.15) is 29.4 Å². The molecule has 2 atom stereocenters. The maximum Gasteiger partial charge on any atom is 0.319 e. The van der Waals surface area contributed by atoms with Crippen molar-refractivity contribution in [3.63, 3.8) is 0 Å². The van der Waals surface area contributed by atoms with E-state index in [4.69, 9.17) is 16.1 Å². The first-order valence-corrected chi connectivity index (χ1v) is 15.1. The molecule has 43 heavy (non-hydrogen) atoms. The second-order valence-electron chi connectivity index (χ2n) is 12.4. The van der Waals surface area contributed by atoms with E-state index in [1.54, 1.807) is 18.3 Å². The lowest BCUT2D eigenvalue weighted by molar-refractivity contribution is 0.108. The summed E-state index contributed by atoms with van der Waals surface area (Å²) in [6.45, 7) is 8.29. The number of terminal acetylenes is 1. The average Bonchev–Trinajstić information content (AvgIpc) is 3.67. The number of nitrogens with zero attached hydrogens (tertiary/aromatic N) is 5. The van der Waals surface area contributed by atoms with Crippen LogP contribution < -0.4 is 15.0 Å². The molecule has 0 radical (unpaired) electrons. The summed E-state index contributed by atoms with van der Waals surface area (Å²) >= 11 is 0. The number of piperazine rings is 1. The number of fused-ring (bicyclic) bond motifs is 5. The normalized spacial score (nSPS) is 22.8. The fourth-order valence-corrected chi connectivity index (χ4v) is 7.85. The van der Waals surface area contributed by atoms with Gasteiger partial charge in [0.2, 0.25) is 0 Å². The number of pyridine rings is 1. The SMILES string of the molecule is C#Cc1cccc2cc(O)cc(-c3ncc4c(N5CC6CC(=C)C(C5)N6)nc(OCC56CCCN5CCC6)nc4c3F)c12. The van der Waals surface area contributed by atoms with Gasteiger partial charge in [-0.1, -0.05) is 30.2 Å². The lowest BCUT2D eigenvalue weighted by Gasteiger charge is -2.34. The van der Waals surface area contributed by atoms with E-state index in [2.05, 4.69) is 37.6 Å². The van der Waals surface area contributed by atoms with Crippen molar-refractivity contribution in [1.29, 1.82) is 0 Å². The van der Waals surface area contributed by atoms with E-state index in [0.717, 1.165) is 45.2 Å². The molecule has 0 spiro atoms. The van der Waals surface area contributed by atoms with Crippen LogP contribution in [0.25, 0.3) is 32.9 Å². The Bertz CT molecular complexity index is 1840. The summed E-state index contributed by atoms with van der Waals surface area (Å²) < 4.78 is 23.1. The summed E-state index contributed by atoms with van der Waals surface area (Å²) in [4.78, 5) is 18.9. The van der Waals surface area contributed by atoms with Crippen LogP contribution >= 0.6 is 0 Å². The fraction of sp³-hybridized carbons (Fsp3) is 0.382. The summed E-state index contributed by atoms with van der Waals surface area (Å²) in [7, 11) is 0. The first-order valence-electron chi connectivity index (χ1n) is 15.1. The Labute approximate surface area is 249 Å². The van der Waals surface area contributed by atoms with Crippen LogP contribution in [0.2, 0.25) is 0 Å². The van der Waals surface area contributed by atoms with Crippen LogP contribution in [0.1, 0.15) is 37.7 Å². The molecule has 4 aliphatic heterocycles. The molecular weight excluding hydrogens is 543 g/mol. The van der Waals surface area contributed by atoms with Crippen LogP contribution in [-0.4, -0.2) is 75.4 Å². The Kier molecular flexibility index (Phi) is 6.07. The number of benzene rings is 2. The van der Waals surface area contributed by atoms with Crippen LogP contribution in [-0.2, 0) is 0 Å². The van der Waals surface area contributed by atoms with Crippen LogP contribution in [0.15, 0.2) is 48.7 Å². The summed E-state index contributed by atoms with van der Waals surface area (Å²) in [6.07, 6.45) is 12.8. The molecule has 2 N–H and O–H groups in total. The van der Waals surface area contributed by atoms with Crippen molar-refractivity contribution >= 4 is 27.5 Å². The number of halogens is 1. The minimum absolute atomic E-state index is 0.00109. The zero-order valence-electron chi connectivity index (χ0n) is 23.9. The monoisotopic (exact) mass is 576 g/mol. The van der Waals surface area contributed by atoms with Crippen LogP contribution in [0.5, 0.6) is 11.8 Å². The first kappa shape index (κ1) is 26.4. The minimum atomic E-state index is -0.603. The standard InChI is InChI=1S/C34H33FN6O2/c1-3-21-7-4-8-22-14-24(42)15-25(28(21)22)30-29(35)31-26(16-36-30)32(40-17-23-13-20(2)27(18-40)37-23)39-33(38-31)43-19-34-9-5-11-41(34)12-6-10-34/h1,4,7-8,14-16,23,27,37,42H,2,5-6,9-13,17-19H2. The van der Waals surface area contributed by atoms with Gasteiger partial charge >= 0.3 is 6.01 Å². The molecule has 2 unspecified atom stereocenters. The van der Waals surface area contributed by atoms with Gasteiger partial charge in [-0.05, 0) is 68.8 Å². The van der Waals surface area contributed by atoms with E-state index >= 15 is 4.39 Å².